The number of aliphatic hydroxyl groups is 1. The number of rotatable bonds is 1. The summed E-state index contributed by atoms with van der Waals surface area (Å²) in [5.41, 5.74) is 1.19. The van der Waals surface area contributed by atoms with Gasteiger partial charge in [0.2, 0.25) is 0 Å². The zero-order chi connectivity index (χ0) is 9.26. The summed E-state index contributed by atoms with van der Waals surface area (Å²) in [6.07, 6.45) is 0.728. The van der Waals surface area contributed by atoms with E-state index in [1.54, 1.807) is 0 Å². The number of aliphatic hydroxyl groups excluding tert-OH is 1. The first kappa shape index (κ1) is 9.03. The molecule has 3 heteroatoms. The van der Waals surface area contributed by atoms with Gasteiger partial charge in [-0.2, -0.15) is 0 Å². The van der Waals surface area contributed by atoms with Crippen molar-refractivity contribution in [1.82, 2.24) is 0 Å². The largest absolute Gasteiger partial charge is 0.391 e. The van der Waals surface area contributed by atoms with E-state index in [1.807, 2.05) is 12.1 Å². The van der Waals surface area contributed by atoms with E-state index in [0.717, 1.165) is 24.0 Å². The Kier molecular flexibility index (Phi) is 2.56. The van der Waals surface area contributed by atoms with Gasteiger partial charge in [0.1, 0.15) is 0 Å². The molecule has 0 radical (unpaired) electrons. The van der Waals surface area contributed by atoms with Crippen LogP contribution in [0.1, 0.15) is 6.42 Å². The van der Waals surface area contributed by atoms with Crippen molar-refractivity contribution in [2.24, 2.45) is 0 Å². The van der Waals surface area contributed by atoms with Gasteiger partial charge in [-0.05, 0) is 24.6 Å². The first-order valence-corrected chi connectivity index (χ1v) is 5.23. The predicted octanol–water partition coefficient (Wildman–Crippen LogP) is 2.02. The van der Waals surface area contributed by atoms with Gasteiger partial charge in [-0.1, -0.05) is 22.0 Å². The molecular weight excluding hydrogens is 230 g/mol. The van der Waals surface area contributed by atoms with E-state index in [-0.39, 0.29) is 6.10 Å². The average Bonchev–Trinajstić information content (AvgIpc) is 2.52. The van der Waals surface area contributed by atoms with Gasteiger partial charge in [-0.3, -0.25) is 0 Å². The van der Waals surface area contributed by atoms with Crippen molar-refractivity contribution in [2.75, 3.05) is 18.0 Å². The maximum atomic E-state index is 9.38. The van der Waals surface area contributed by atoms with Crippen LogP contribution in [0.4, 0.5) is 5.69 Å². The van der Waals surface area contributed by atoms with E-state index in [0.29, 0.717) is 0 Å². The third-order valence-electron chi connectivity index (χ3n) is 2.34. The van der Waals surface area contributed by atoms with Crippen molar-refractivity contribution < 1.29 is 5.11 Å². The van der Waals surface area contributed by atoms with Crippen molar-refractivity contribution in [3.8, 4) is 0 Å². The summed E-state index contributed by atoms with van der Waals surface area (Å²) in [7, 11) is 0. The van der Waals surface area contributed by atoms with E-state index in [1.165, 1.54) is 5.69 Å². The van der Waals surface area contributed by atoms with Gasteiger partial charge in [0.05, 0.1) is 6.10 Å². The van der Waals surface area contributed by atoms with Crippen molar-refractivity contribution in [3.05, 3.63) is 28.7 Å². The molecular formula is C10H12BrNO. The minimum atomic E-state index is -0.154. The van der Waals surface area contributed by atoms with Gasteiger partial charge >= 0.3 is 0 Å². The molecule has 2 rings (SSSR count). The van der Waals surface area contributed by atoms with Crippen molar-refractivity contribution in [3.63, 3.8) is 0 Å². The lowest BCUT2D eigenvalue weighted by Gasteiger charge is -2.17. The highest BCUT2D eigenvalue weighted by Gasteiger charge is 2.19. The standard InChI is InChI=1S/C10H12BrNO/c11-8-2-1-3-9(6-8)12-5-4-10(13)7-12/h1-3,6,10,13H,4-5,7H2. The number of nitrogens with zero attached hydrogens (tertiary/aromatic N) is 1. The molecule has 0 saturated carbocycles. The highest BCUT2D eigenvalue weighted by Crippen LogP contribution is 2.23. The molecule has 1 aliphatic rings. The molecule has 1 heterocycles. The average molecular weight is 242 g/mol. The van der Waals surface area contributed by atoms with Crippen LogP contribution in [-0.4, -0.2) is 24.3 Å². The summed E-state index contributed by atoms with van der Waals surface area (Å²) >= 11 is 3.44. The van der Waals surface area contributed by atoms with E-state index >= 15 is 0 Å². The summed E-state index contributed by atoms with van der Waals surface area (Å²) in [5, 5.41) is 9.38. The number of anilines is 1. The van der Waals surface area contributed by atoms with Crippen molar-refractivity contribution in [1.29, 1.82) is 0 Å². The van der Waals surface area contributed by atoms with E-state index in [2.05, 4.69) is 33.0 Å². The smallest absolute Gasteiger partial charge is 0.0731 e. The predicted molar refractivity (Wildman–Crippen MR) is 57.0 cm³/mol. The molecule has 70 valence electrons. The topological polar surface area (TPSA) is 23.5 Å². The molecule has 1 aliphatic heterocycles. The van der Waals surface area contributed by atoms with Crippen molar-refractivity contribution >= 4 is 21.6 Å². The fourth-order valence-electron chi connectivity index (χ4n) is 1.65. The first-order chi connectivity index (χ1) is 6.25. The van der Waals surface area contributed by atoms with Gasteiger partial charge in [0.15, 0.2) is 0 Å². The quantitative estimate of drug-likeness (QED) is 0.814. The summed E-state index contributed by atoms with van der Waals surface area (Å²) in [6, 6.07) is 8.18. The normalized spacial score (nSPS) is 22.3. The minimum absolute atomic E-state index is 0.154. The maximum absolute atomic E-state index is 9.38. The lowest BCUT2D eigenvalue weighted by atomic mass is 10.3. The lowest BCUT2D eigenvalue weighted by molar-refractivity contribution is 0.198. The lowest BCUT2D eigenvalue weighted by Crippen LogP contribution is -2.20. The molecule has 1 aromatic carbocycles. The summed E-state index contributed by atoms with van der Waals surface area (Å²) in [5.74, 6) is 0. The Balaban J connectivity index is 2.16. The number of halogens is 1. The van der Waals surface area contributed by atoms with E-state index < -0.39 is 0 Å². The fraction of sp³-hybridized carbons (Fsp3) is 0.400. The minimum Gasteiger partial charge on any atom is -0.391 e. The number of hydrogen-bond acceptors (Lipinski definition) is 2. The van der Waals surface area contributed by atoms with Crippen LogP contribution in [0.5, 0.6) is 0 Å². The molecule has 1 aromatic rings. The first-order valence-electron chi connectivity index (χ1n) is 4.44. The highest BCUT2D eigenvalue weighted by atomic mass is 79.9. The maximum Gasteiger partial charge on any atom is 0.0731 e. The van der Waals surface area contributed by atoms with E-state index in [9.17, 15) is 5.11 Å². The molecule has 1 N–H and O–H groups in total. The fourth-order valence-corrected chi connectivity index (χ4v) is 2.04. The molecule has 1 atom stereocenters. The Labute approximate surface area is 86.3 Å². The number of β-amino-alcohol motifs (C(OH)–C–C–N with tert-alkyl or cyclic N) is 1. The van der Waals surface area contributed by atoms with Gasteiger partial charge in [0, 0.05) is 23.2 Å². The van der Waals surface area contributed by atoms with Crippen LogP contribution in [0.15, 0.2) is 28.7 Å². The highest BCUT2D eigenvalue weighted by molar-refractivity contribution is 9.10. The number of hydrogen-bond donors (Lipinski definition) is 1. The second-order valence-electron chi connectivity index (χ2n) is 3.37. The molecule has 2 nitrogen and oxygen atoms in total. The van der Waals surface area contributed by atoms with Gasteiger partial charge in [0.25, 0.3) is 0 Å². The Morgan fingerprint density at radius 1 is 1.46 bits per heavy atom. The Bertz CT molecular complexity index is 303. The second kappa shape index (κ2) is 3.68. The van der Waals surface area contributed by atoms with E-state index in [4.69, 9.17) is 0 Å². The summed E-state index contributed by atoms with van der Waals surface area (Å²) in [6.45, 7) is 1.72. The third kappa shape index (κ3) is 2.03. The van der Waals surface area contributed by atoms with Crippen LogP contribution in [0.3, 0.4) is 0 Å². The molecule has 0 spiro atoms. The molecule has 0 aromatic heterocycles. The molecule has 0 amide bonds. The Morgan fingerprint density at radius 2 is 2.31 bits per heavy atom. The Hall–Kier alpha value is -0.540. The van der Waals surface area contributed by atoms with Crippen LogP contribution in [0.25, 0.3) is 0 Å². The molecule has 0 aliphatic carbocycles. The van der Waals surface area contributed by atoms with Gasteiger partial charge in [-0.15, -0.1) is 0 Å². The molecule has 13 heavy (non-hydrogen) atoms. The molecule has 1 fully saturated rings. The van der Waals surface area contributed by atoms with Crippen molar-refractivity contribution in [2.45, 2.75) is 12.5 Å². The summed E-state index contributed by atoms with van der Waals surface area (Å²) < 4.78 is 1.09. The molecule has 1 saturated heterocycles. The van der Waals surface area contributed by atoms with Crippen LogP contribution < -0.4 is 4.90 Å². The molecule has 0 bridgehead atoms. The van der Waals surface area contributed by atoms with Crippen LogP contribution in [0.2, 0.25) is 0 Å². The SMILES string of the molecule is OC1CCN(c2cccc(Br)c2)C1. The van der Waals surface area contributed by atoms with Gasteiger partial charge < -0.3 is 10.0 Å². The van der Waals surface area contributed by atoms with Crippen LogP contribution in [0, 0.1) is 0 Å². The van der Waals surface area contributed by atoms with Crippen LogP contribution in [-0.2, 0) is 0 Å². The Morgan fingerprint density at radius 3 is 2.92 bits per heavy atom. The monoisotopic (exact) mass is 241 g/mol. The molecule has 1 unspecified atom stereocenters. The summed E-state index contributed by atoms with van der Waals surface area (Å²) in [4.78, 5) is 2.20. The second-order valence-corrected chi connectivity index (χ2v) is 4.28. The third-order valence-corrected chi connectivity index (χ3v) is 2.83. The van der Waals surface area contributed by atoms with Crippen LogP contribution >= 0.6 is 15.9 Å². The number of benzene rings is 1. The zero-order valence-corrected chi connectivity index (χ0v) is 8.87. The van der Waals surface area contributed by atoms with Gasteiger partial charge in [-0.25, -0.2) is 0 Å². The zero-order valence-electron chi connectivity index (χ0n) is 7.28.